The smallest absolute Gasteiger partial charge is 0.323 e. The van der Waals surface area contributed by atoms with Crippen LogP contribution in [0.4, 0.5) is 15.1 Å². The van der Waals surface area contributed by atoms with Crippen LogP contribution in [0.5, 0.6) is 0 Å². The molecule has 3 heterocycles. The summed E-state index contributed by atoms with van der Waals surface area (Å²) in [5.74, 6) is 1.17. The lowest BCUT2D eigenvalue weighted by molar-refractivity contribution is 0.208. The summed E-state index contributed by atoms with van der Waals surface area (Å²) >= 11 is 2.88. The number of amides is 2. The number of aromatic nitrogens is 3. The fraction of sp³-hybridized carbons (Fsp3) is 0.571. The Morgan fingerprint density at radius 3 is 2.57 bits per heavy atom. The number of carbonyl (C=O) groups is 1. The molecule has 7 nitrogen and oxygen atoms in total. The maximum atomic E-state index is 12.3. The van der Waals surface area contributed by atoms with Gasteiger partial charge in [0.15, 0.2) is 5.13 Å². The number of hydrogen-bond acceptors (Lipinski definition) is 7. The third kappa shape index (κ3) is 3.78. The van der Waals surface area contributed by atoms with Gasteiger partial charge in [-0.25, -0.2) is 14.8 Å². The van der Waals surface area contributed by atoms with E-state index in [0.29, 0.717) is 24.1 Å². The molecule has 0 aromatic carbocycles. The van der Waals surface area contributed by atoms with E-state index in [9.17, 15) is 4.79 Å². The zero-order valence-corrected chi connectivity index (χ0v) is 15.1. The second kappa shape index (κ2) is 6.79. The fourth-order valence-electron chi connectivity index (χ4n) is 2.29. The highest BCUT2D eigenvalue weighted by atomic mass is 32.1. The van der Waals surface area contributed by atoms with E-state index >= 15 is 0 Å². The number of aryl methyl sites for hydroxylation is 1. The molecule has 23 heavy (non-hydrogen) atoms. The summed E-state index contributed by atoms with van der Waals surface area (Å²) in [5.41, 5.74) is 1.02. The van der Waals surface area contributed by atoms with Gasteiger partial charge in [0.25, 0.3) is 0 Å². The number of nitrogens with zero attached hydrogens (tertiary/aromatic N) is 5. The molecule has 0 aliphatic carbocycles. The van der Waals surface area contributed by atoms with Gasteiger partial charge in [-0.05, 0) is 12.8 Å². The summed E-state index contributed by atoms with van der Waals surface area (Å²) < 4.78 is 4.21. The van der Waals surface area contributed by atoms with Crippen LogP contribution in [0.25, 0.3) is 0 Å². The average molecular weight is 352 g/mol. The van der Waals surface area contributed by atoms with E-state index in [4.69, 9.17) is 0 Å². The molecule has 1 aliphatic heterocycles. The van der Waals surface area contributed by atoms with E-state index in [-0.39, 0.29) is 6.03 Å². The van der Waals surface area contributed by atoms with E-state index in [0.717, 1.165) is 29.7 Å². The van der Waals surface area contributed by atoms with E-state index in [1.807, 2.05) is 17.2 Å². The number of anilines is 2. The average Bonchev–Trinajstić information content (AvgIpc) is 3.16. The topological polar surface area (TPSA) is 74.2 Å². The number of hydrogen-bond donors (Lipinski definition) is 1. The first-order chi connectivity index (χ1) is 11.0. The molecule has 1 fully saturated rings. The van der Waals surface area contributed by atoms with Gasteiger partial charge < -0.3 is 9.80 Å². The van der Waals surface area contributed by atoms with Gasteiger partial charge in [-0.3, -0.25) is 5.32 Å². The van der Waals surface area contributed by atoms with Gasteiger partial charge >= 0.3 is 6.03 Å². The van der Waals surface area contributed by atoms with Gasteiger partial charge in [-0.1, -0.05) is 13.8 Å². The molecule has 1 N–H and O–H groups in total. The van der Waals surface area contributed by atoms with E-state index in [1.54, 1.807) is 0 Å². The highest BCUT2D eigenvalue weighted by Crippen LogP contribution is 2.22. The Kier molecular flexibility index (Phi) is 4.76. The van der Waals surface area contributed by atoms with Crippen LogP contribution in [0.3, 0.4) is 0 Å². The van der Waals surface area contributed by atoms with Crippen LogP contribution in [-0.4, -0.2) is 51.5 Å². The molecule has 2 aromatic rings. The van der Waals surface area contributed by atoms with Crippen LogP contribution in [0.1, 0.15) is 31.3 Å². The van der Waals surface area contributed by atoms with Crippen molar-refractivity contribution in [3.63, 3.8) is 0 Å². The maximum absolute atomic E-state index is 12.3. The molecule has 0 saturated carbocycles. The summed E-state index contributed by atoms with van der Waals surface area (Å²) in [6, 6.07) is -0.0808. The van der Waals surface area contributed by atoms with Crippen LogP contribution in [0.15, 0.2) is 5.38 Å². The minimum absolute atomic E-state index is 0.0808. The molecular weight excluding hydrogens is 332 g/mol. The van der Waals surface area contributed by atoms with Gasteiger partial charge in [-0.2, -0.15) is 4.37 Å². The third-order valence-corrected chi connectivity index (χ3v) is 5.33. The maximum Gasteiger partial charge on any atom is 0.323 e. The van der Waals surface area contributed by atoms with Crippen molar-refractivity contribution in [1.29, 1.82) is 0 Å². The fourth-order valence-corrected chi connectivity index (χ4v) is 3.88. The predicted octanol–water partition coefficient (Wildman–Crippen LogP) is 2.78. The summed E-state index contributed by atoms with van der Waals surface area (Å²) in [6.45, 7) is 8.97. The van der Waals surface area contributed by atoms with Gasteiger partial charge in [0, 0.05) is 43.1 Å². The summed E-state index contributed by atoms with van der Waals surface area (Å²) in [6.07, 6.45) is 0. The highest BCUT2D eigenvalue weighted by Gasteiger charge is 2.23. The minimum atomic E-state index is -0.0808. The van der Waals surface area contributed by atoms with Crippen molar-refractivity contribution in [3.05, 3.63) is 16.9 Å². The Bertz CT molecular complexity index is 674. The summed E-state index contributed by atoms with van der Waals surface area (Å²) in [7, 11) is 0. The zero-order valence-electron chi connectivity index (χ0n) is 13.4. The van der Waals surface area contributed by atoms with Gasteiger partial charge in [0.1, 0.15) is 5.82 Å². The number of carbonyl (C=O) groups excluding carboxylic acids is 1. The van der Waals surface area contributed by atoms with Gasteiger partial charge in [-0.15, -0.1) is 11.3 Å². The van der Waals surface area contributed by atoms with Crippen molar-refractivity contribution >= 4 is 39.2 Å². The Hall–Kier alpha value is -1.74. The van der Waals surface area contributed by atoms with Gasteiger partial charge in [0.05, 0.1) is 5.69 Å². The molecule has 0 radical (unpaired) electrons. The van der Waals surface area contributed by atoms with Crippen LogP contribution in [0, 0.1) is 6.92 Å². The van der Waals surface area contributed by atoms with Crippen LogP contribution in [0.2, 0.25) is 0 Å². The summed E-state index contributed by atoms with van der Waals surface area (Å²) in [5, 5.41) is 6.49. The van der Waals surface area contributed by atoms with E-state index in [1.165, 1.54) is 22.9 Å². The monoisotopic (exact) mass is 352 g/mol. The second-order valence-corrected chi connectivity index (χ2v) is 7.35. The predicted molar refractivity (Wildman–Crippen MR) is 93.7 cm³/mol. The van der Waals surface area contributed by atoms with E-state index < -0.39 is 0 Å². The van der Waals surface area contributed by atoms with Crippen molar-refractivity contribution < 1.29 is 4.79 Å². The lowest BCUT2D eigenvalue weighted by Crippen LogP contribution is -2.50. The Morgan fingerprint density at radius 1 is 1.26 bits per heavy atom. The highest BCUT2D eigenvalue weighted by molar-refractivity contribution is 7.14. The molecule has 2 aromatic heterocycles. The summed E-state index contributed by atoms with van der Waals surface area (Å²) in [4.78, 5) is 25.2. The lowest BCUT2D eigenvalue weighted by Gasteiger charge is -2.34. The molecular formula is C14H20N6OS2. The Morgan fingerprint density at radius 2 is 2.00 bits per heavy atom. The Balaban J connectivity index is 1.53. The van der Waals surface area contributed by atoms with Gasteiger partial charge in [0.2, 0.25) is 5.13 Å². The molecule has 2 amide bonds. The van der Waals surface area contributed by atoms with Crippen LogP contribution < -0.4 is 10.2 Å². The van der Waals surface area contributed by atoms with Crippen molar-refractivity contribution in [1.82, 2.24) is 19.2 Å². The molecule has 124 valence electrons. The van der Waals surface area contributed by atoms with Crippen molar-refractivity contribution in [3.8, 4) is 0 Å². The first-order valence-corrected chi connectivity index (χ1v) is 9.25. The molecule has 0 atom stereocenters. The SMILES string of the molecule is Cc1nsc(N2CCN(C(=O)Nc3nc(C(C)C)cs3)CC2)n1. The molecule has 0 bridgehead atoms. The lowest BCUT2D eigenvalue weighted by atomic mass is 10.2. The molecule has 0 unspecified atom stereocenters. The molecule has 0 spiro atoms. The first-order valence-electron chi connectivity index (χ1n) is 7.59. The molecule has 9 heteroatoms. The number of nitrogens with one attached hydrogen (secondary N) is 1. The zero-order chi connectivity index (χ0) is 16.4. The van der Waals surface area contributed by atoms with Crippen molar-refractivity contribution in [2.75, 3.05) is 36.4 Å². The largest absolute Gasteiger partial charge is 0.343 e. The first kappa shape index (κ1) is 16.1. The quantitative estimate of drug-likeness (QED) is 0.919. The number of urea groups is 1. The number of piperazine rings is 1. The van der Waals surface area contributed by atoms with Crippen molar-refractivity contribution in [2.45, 2.75) is 26.7 Å². The Labute approximate surface area is 143 Å². The van der Waals surface area contributed by atoms with Crippen molar-refractivity contribution in [2.24, 2.45) is 0 Å². The minimum Gasteiger partial charge on any atom is -0.343 e. The standard InChI is InChI=1S/C14H20N6OS2/c1-9(2)11-8-22-12(16-11)17-13(21)19-4-6-20(7-5-19)14-15-10(3)18-23-14/h8-9H,4-7H2,1-3H3,(H,16,17,21). The molecule has 1 aliphatic rings. The van der Waals surface area contributed by atoms with E-state index in [2.05, 4.69) is 38.4 Å². The molecule has 3 rings (SSSR count). The number of thiazole rings is 1. The van der Waals surface area contributed by atoms with Crippen LogP contribution >= 0.6 is 22.9 Å². The second-order valence-electron chi connectivity index (χ2n) is 5.76. The third-order valence-electron chi connectivity index (χ3n) is 3.68. The van der Waals surface area contributed by atoms with Crippen LogP contribution in [-0.2, 0) is 0 Å². The normalized spacial score (nSPS) is 15.3. The molecule has 1 saturated heterocycles. The number of rotatable bonds is 3.